The van der Waals surface area contributed by atoms with Gasteiger partial charge in [-0.05, 0) is 12.5 Å². The molecule has 1 aromatic rings. The van der Waals surface area contributed by atoms with Crippen molar-refractivity contribution in [2.45, 2.75) is 6.42 Å². The Kier molecular flexibility index (Phi) is 6.29. The number of anilines is 1. The summed E-state index contributed by atoms with van der Waals surface area (Å²) in [7, 11) is 1.59. The quantitative estimate of drug-likeness (QED) is 0.645. The fourth-order valence-corrected chi connectivity index (χ4v) is 1.18. The van der Waals surface area contributed by atoms with Gasteiger partial charge < -0.3 is 19.9 Å². The van der Waals surface area contributed by atoms with E-state index in [0.717, 1.165) is 18.8 Å². The van der Waals surface area contributed by atoms with Gasteiger partial charge in [-0.25, -0.2) is 0 Å². The highest BCUT2D eigenvalue weighted by molar-refractivity contribution is 5.36. The van der Waals surface area contributed by atoms with Crippen LogP contribution in [0.4, 0.5) is 5.82 Å². The molecule has 0 unspecified atom stereocenters. The summed E-state index contributed by atoms with van der Waals surface area (Å²) < 4.78 is 10.1. The van der Waals surface area contributed by atoms with E-state index in [1.54, 1.807) is 13.2 Å². The number of aliphatic hydroxyl groups excluding tert-OH is 1. The number of methoxy groups -OCH3 is 1. The summed E-state index contributed by atoms with van der Waals surface area (Å²) in [6, 6.07) is 5.57. The van der Waals surface area contributed by atoms with E-state index in [9.17, 15) is 0 Å². The third-order valence-electron chi connectivity index (χ3n) is 1.94. The number of ether oxygens (including phenoxy) is 2. The summed E-state index contributed by atoms with van der Waals surface area (Å²) in [5.74, 6) is 1.39. The van der Waals surface area contributed by atoms with Crippen molar-refractivity contribution >= 4 is 5.82 Å². The largest absolute Gasteiger partial charge is 0.481 e. The first-order chi connectivity index (χ1) is 7.86. The molecule has 0 bridgehead atoms. The molecule has 0 aliphatic carbocycles. The van der Waals surface area contributed by atoms with Crippen molar-refractivity contribution in [3.05, 3.63) is 18.2 Å². The fourth-order valence-electron chi connectivity index (χ4n) is 1.18. The maximum absolute atomic E-state index is 8.49. The molecule has 0 aliphatic heterocycles. The first-order valence-corrected chi connectivity index (χ1v) is 5.30. The molecule has 5 heteroatoms. The Hall–Kier alpha value is -1.33. The molecule has 0 fully saturated rings. The number of aromatic nitrogens is 1. The van der Waals surface area contributed by atoms with Crippen LogP contribution in [-0.4, -0.2) is 43.6 Å². The van der Waals surface area contributed by atoms with Gasteiger partial charge in [-0.3, -0.25) is 0 Å². The van der Waals surface area contributed by atoms with E-state index in [4.69, 9.17) is 14.6 Å². The number of pyridine rings is 1. The second-order valence-electron chi connectivity index (χ2n) is 3.18. The van der Waals surface area contributed by atoms with Crippen molar-refractivity contribution in [1.29, 1.82) is 0 Å². The van der Waals surface area contributed by atoms with Gasteiger partial charge in [0.1, 0.15) is 5.82 Å². The van der Waals surface area contributed by atoms with Crippen LogP contribution in [0.15, 0.2) is 18.2 Å². The molecule has 16 heavy (non-hydrogen) atoms. The Labute approximate surface area is 95.4 Å². The number of nitrogens with zero attached hydrogens (tertiary/aromatic N) is 1. The summed E-state index contributed by atoms with van der Waals surface area (Å²) >= 11 is 0. The normalized spacial score (nSPS) is 10.1. The van der Waals surface area contributed by atoms with Crippen LogP contribution < -0.4 is 10.1 Å². The van der Waals surface area contributed by atoms with Gasteiger partial charge in [0.15, 0.2) is 0 Å². The van der Waals surface area contributed by atoms with Crippen molar-refractivity contribution in [2.75, 3.05) is 38.8 Å². The lowest BCUT2D eigenvalue weighted by Gasteiger charge is -2.06. The molecule has 0 spiro atoms. The third-order valence-corrected chi connectivity index (χ3v) is 1.94. The van der Waals surface area contributed by atoms with E-state index in [1.165, 1.54) is 0 Å². The van der Waals surface area contributed by atoms with Crippen LogP contribution in [0, 0.1) is 0 Å². The van der Waals surface area contributed by atoms with Crippen LogP contribution in [0.3, 0.4) is 0 Å². The number of nitrogens with one attached hydrogen (secondary N) is 1. The molecule has 5 nitrogen and oxygen atoms in total. The second-order valence-corrected chi connectivity index (χ2v) is 3.18. The molecule has 0 aliphatic rings. The average molecular weight is 226 g/mol. The van der Waals surface area contributed by atoms with Gasteiger partial charge in [0, 0.05) is 19.2 Å². The molecule has 0 amide bonds. The topological polar surface area (TPSA) is 63.6 Å². The minimum atomic E-state index is 0.0743. The van der Waals surface area contributed by atoms with Gasteiger partial charge in [0.2, 0.25) is 5.88 Å². The van der Waals surface area contributed by atoms with E-state index < -0.39 is 0 Å². The predicted octanol–water partition coefficient (Wildman–Crippen LogP) is 0.901. The van der Waals surface area contributed by atoms with Gasteiger partial charge in [0.25, 0.3) is 0 Å². The van der Waals surface area contributed by atoms with Crippen LogP contribution in [0.2, 0.25) is 0 Å². The molecule has 0 radical (unpaired) electrons. The number of rotatable bonds is 8. The van der Waals surface area contributed by atoms with E-state index in [-0.39, 0.29) is 6.61 Å². The molecule has 0 saturated heterocycles. The number of aliphatic hydroxyl groups is 1. The second kappa shape index (κ2) is 7.90. The first-order valence-electron chi connectivity index (χ1n) is 5.30. The SMILES string of the molecule is COc1cccc(NCCCOCCO)n1. The molecule has 1 heterocycles. The van der Waals surface area contributed by atoms with E-state index in [0.29, 0.717) is 19.1 Å². The Balaban J connectivity index is 2.16. The van der Waals surface area contributed by atoms with Crippen LogP contribution in [-0.2, 0) is 4.74 Å². The molecule has 0 atom stereocenters. The van der Waals surface area contributed by atoms with Crippen molar-refractivity contribution in [3.63, 3.8) is 0 Å². The van der Waals surface area contributed by atoms with Crippen LogP contribution in [0.1, 0.15) is 6.42 Å². The predicted molar refractivity (Wildman–Crippen MR) is 61.8 cm³/mol. The Bertz CT molecular complexity index is 294. The smallest absolute Gasteiger partial charge is 0.214 e. The zero-order chi connectivity index (χ0) is 11.6. The summed E-state index contributed by atoms with van der Waals surface area (Å²) in [5.41, 5.74) is 0. The molecular weight excluding hydrogens is 208 g/mol. The Morgan fingerprint density at radius 2 is 2.25 bits per heavy atom. The molecule has 90 valence electrons. The van der Waals surface area contributed by atoms with Crippen LogP contribution in [0.5, 0.6) is 5.88 Å². The van der Waals surface area contributed by atoms with E-state index in [2.05, 4.69) is 10.3 Å². The van der Waals surface area contributed by atoms with Crippen molar-refractivity contribution in [1.82, 2.24) is 4.98 Å². The summed E-state index contributed by atoms with van der Waals surface area (Å²) in [4.78, 5) is 4.21. The highest BCUT2D eigenvalue weighted by atomic mass is 16.5. The molecule has 2 N–H and O–H groups in total. The van der Waals surface area contributed by atoms with E-state index in [1.807, 2.05) is 12.1 Å². The number of hydrogen-bond acceptors (Lipinski definition) is 5. The summed E-state index contributed by atoms with van der Waals surface area (Å²) in [5, 5.41) is 11.7. The van der Waals surface area contributed by atoms with Gasteiger partial charge in [-0.15, -0.1) is 0 Å². The zero-order valence-corrected chi connectivity index (χ0v) is 9.48. The summed E-state index contributed by atoms with van der Waals surface area (Å²) in [6.45, 7) is 1.89. The standard InChI is InChI=1S/C11H18N2O3/c1-15-11-5-2-4-10(13-11)12-6-3-8-16-9-7-14/h2,4-5,14H,3,6-9H2,1H3,(H,12,13). The highest BCUT2D eigenvalue weighted by Crippen LogP contribution is 2.10. The van der Waals surface area contributed by atoms with Crippen molar-refractivity contribution in [2.24, 2.45) is 0 Å². The monoisotopic (exact) mass is 226 g/mol. The number of hydrogen-bond donors (Lipinski definition) is 2. The Morgan fingerprint density at radius 3 is 3.00 bits per heavy atom. The van der Waals surface area contributed by atoms with Crippen molar-refractivity contribution < 1.29 is 14.6 Å². The van der Waals surface area contributed by atoms with Gasteiger partial charge >= 0.3 is 0 Å². The van der Waals surface area contributed by atoms with Gasteiger partial charge in [-0.1, -0.05) is 6.07 Å². The highest BCUT2D eigenvalue weighted by Gasteiger charge is 1.96. The lowest BCUT2D eigenvalue weighted by Crippen LogP contribution is -2.08. The minimum absolute atomic E-state index is 0.0743. The molecular formula is C11H18N2O3. The fraction of sp³-hybridized carbons (Fsp3) is 0.545. The molecule has 0 saturated carbocycles. The lowest BCUT2D eigenvalue weighted by molar-refractivity contribution is 0.0922. The summed E-state index contributed by atoms with van der Waals surface area (Å²) in [6.07, 6.45) is 0.874. The average Bonchev–Trinajstić information content (AvgIpc) is 2.34. The molecule has 1 rings (SSSR count). The molecule has 0 aromatic carbocycles. The maximum atomic E-state index is 8.49. The van der Waals surface area contributed by atoms with Crippen LogP contribution in [0.25, 0.3) is 0 Å². The first kappa shape index (κ1) is 12.7. The van der Waals surface area contributed by atoms with E-state index >= 15 is 0 Å². The van der Waals surface area contributed by atoms with Crippen molar-refractivity contribution in [3.8, 4) is 5.88 Å². The minimum Gasteiger partial charge on any atom is -0.481 e. The molecule has 1 aromatic heterocycles. The van der Waals surface area contributed by atoms with Gasteiger partial charge in [-0.2, -0.15) is 4.98 Å². The lowest BCUT2D eigenvalue weighted by atomic mass is 10.4. The zero-order valence-electron chi connectivity index (χ0n) is 9.48. The maximum Gasteiger partial charge on any atom is 0.214 e. The van der Waals surface area contributed by atoms with Gasteiger partial charge in [0.05, 0.1) is 20.3 Å². The Morgan fingerprint density at radius 1 is 1.38 bits per heavy atom. The van der Waals surface area contributed by atoms with Crippen LogP contribution >= 0.6 is 0 Å². The third kappa shape index (κ3) is 4.95.